The number of carbonyl (C=O) groups is 2. The molecule has 30 heavy (non-hydrogen) atoms. The third-order valence-corrected chi connectivity index (χ3v) is 5.85. The number of hydrogen-bond acceptors (Lipinski definition) is 5. The number of benzene rings is 1. The predicted octanol–water partition coefficient (Wildman–Crippen LogP) is 1.72. The number of carbonyl (C=O) groups excluding carboxylic acids is 2. The van der Waals surface area contributed by atoms with Crippen LogP contribution < -0.4 is 5.14 Å². The van der Waals surface area contributed by atoms with E-state index in [0.29, 0.717) is 12.1 Å². The Morgan fingerprint density at radius 1 is 1.07 bits per heavy atom. The summed E-state index contributed by atoms with van der Waals surface area (Å²) in [6.07, 6.45) is 0.837. The van der Waals surface area contributed by atoms with Gasteiger partial charge in [0.1, 0.15) is 0 Å². The monoisotopic (exact) mass is 434 g/mol. The molecule has 0 bridgehead atoms. The van der Waals surface area contributed by atoms with Gasteiger partial charge in [-0.2, -0.15) is 0 Å². The number of amides is 1. The summed E-state index contributed by atoms with van der Waals surface area (Å²) in [7, 11) is -0.370. The SMILES string of the molecule is CCCN(CC(=O)c1cc(C)n(-c2ccc(S(N)(=O)=O)cc2)c1C)CC(=O)N(C)C. The van der Waals surface area contributed by atoms with Crippen molar-refractivity contribution < 1.29 is 18.0 Å². The van der Waals surface area contributed by atoms with Gasteiger partial charge in [-0.3, -0.25) is 14.5 Å². The van der Waals surface area contributed by atoms with E-state index in [9.17, 15) is 18.0 Å². The summed E-state index contributed by atoms with van der Waals surface area (Å²) in [6, 6.07) is 8.03. The Labute approximate surface area is 178 Å². The van der Waals surface area contributed by atoms with E-state index >= 15 is 0 Å². The quantitative estimate of drug-likeness (QED) is 0.605. The second-order valence-corrected chi connectivity index (χ2v) is 9.14. The average molecular weight is 435 g/mol. The molecule has 0 saturated heterocycles. The Bertz CT molecular complexity index is 1020. The molecule has 1 aromatic carbocycles. The lowest BCUT2D eigenvalue weighted by Gasteiger charge is -2.22. The summed E-state index contributed by atoms with van der Waals surface area (Å²) in [5.41, 5.74) is 2.94. The van der Waals surface area contributed by atoms with Crippen molar-refractivity contribution in [3.05, 3.63) is 47.3 Å². The van der Waals surface area contributed by atoms with Gasteiger partial charge in [-0.25, -0.2) is 13.6 Å². The summed E-state index contributed by atoms with van der Waals surface area (Å²) < 4.78 is 24.9. The summed E-state index contributed by atoms with van der Waals surface area (Å²) in [6.45, 7) is 6.75. The van der Waals surface area contributed by atoms with Crippen LogP contribution in [0.2, 0.25) is 0 Å². The molecular formula is C21H30N4O4S. The van der Waals surface area contributed by atoms with Crippen molar-refractivity contribution in [3.8, 4) is 5.69 Å². The van der Waals surface area contributed by atoms with Crippen LogP contribution in [0, 0.1) is 13.8 Å². The molecule has 2 rings (SSSR count). The number of rotatable bonds is 9. The van der Waals surface area contributed by atoms with Crippen molar-refractivity contribution in [3.63, 3.8) is 0 Å². The third kappa shape index (κ3) is 5.56. The fourth-order valence-electron chi connectivity index (χ4n) is 3.38. The standard InChI is InChI=1S/C21H30N4O4S/c1-6-11-24(14-21(27)23(4)5)13-20(26)19-12-15(2)25(16(19)3)17-7-9-18(10-8-17)30(22,28)29/h7-10,12H,6,11,13-14H2,1-5H3,(H2,22,28,29). The molecule has 0 aliphatic heterocycles. The number of ketones is 1. The zero-order valence-corrected chi connectivity index (χ0v) is 19.0. The molecule has 0 fully saturated rings. The van der Waals surface area contributed by atoms with E-state index in [2.05, 4.69) is 0 Å². The largest absolute Gasteiger partial charge is 0.348 e. The van der Waals surface area contributed by atoms with Gasteiger partial charge in [-0.1, -0.05) is 6.92 Å². The minimum Gasteiger partial charge on any atom is -0.348 e. The molecule has 2 aromatic rings. The van der Waals surface area contributed by atoms with Crippen molar-refractivity contribution >= 4 is 21.7 Å². The van der Waals surface area contributed by atoms with Gasteiger partial charge < -0.3 is 9.47 Å². The lowest BCUT2D eigenvalue weighted by molar-refractivity contribution is -0.129. The summed E-state index contributed by atoms with van der Waals surface area (Å²) in [5, 5.41) is 5.16. The van der Waals surface area contributed by atoms with Crippen molar-refractivity contribution in [1.82, 2.24) is 14.4 Å². The van der Waals surface area contributed by atoms with Gasteiger partial charge in [-0.05, 0) is 57.1 Å². The van der Waals surface area contributed by atoms with Crippen molar-refractivity contribution in [1.29, 1.82) is 0 Å². The Hall–Kier alpha value is -2.49. The molecule has 1 heterocycles. The predicted molar refractivity (Wildman–Crippen MR) is 116 cm³/mol. The zero-order chi connectivity index (χ0) is 22.6. The highest BCUT2D eigenvalue weighted by Crippen LogP contribution is 2.22. The number of aromatic nitrogens is 1. The normalized spacial score (nSPS) is 11.7. The zero-order valence-electron chi connectivity index (χ0n) is 18.2. The van der Waals surface area contributed by atoms with Crippen LogP contribution in [0.25, 0.3) is 5.69 Å². The molecule has 2 N–H and O–H groups in total. The van der Waals surface area contributed by atoms with Crippen molar-refractivity contribution in [2.75, 3.05) is 33.7 Å². The topological polar surface area (TPSA) is 106 Å². The van der Waals surface area contributed by atoms with Crippen LogP contribution in [0.5, 0.6) is 0 Å². The van der Waals surface area contributed by atoms with Gasteiger partial charge in [0.05, 0.1) is 18.0 Å². The molecule has 0 aliphatic carbocycles. The van der Waals surface area contributed by atoms with E-state index in [1.807, 2.05) is 36.3 Å². The van der Waals surface area contributed by atoms with Gasteiger partial charge >= 0.3 is 0 Å². The highest BCUT2D eigenvalue weighted by atomic mass is 32.2. The summed E-state index contributed by atoms with van der Waals surface area (Å²) in [5.74, 6) is -0.104. The summed E-state index contributed by atoms with van der Waals surface area (Å²) >= 11 is 0. The minimum absolute atomic E-state index is 0.0331. The van der Waals surface area contributed by atoms with Crippen LogP contribution in [0.4, 0.5) is 0 Å². The Balaban J connectivity index is 2.29. The average Bonchev–Trinajstić information content (AvgIpc) is 2.95. The van der Waals surface area contributed by atoms with Gasteiger partial charge in [-0.15, -0.1) is 0 Å². The maximum absolute atomic E-state index is 13.0. The molecule has 0 unspecified atom stereocenters. The first-order valence-corrected chi connectivity index (χ1v) is 11.3. The third-order valence-electron chi connectivity index (χ3n) is 4.92. The first kappa shape index (κ1) is 23.8. The first-order chi connectivity index (χ1) is 14.0. The van der Waals surface area contributed by atoms with Gasteiger partial charge in [0.25, 0.3) is 0 Å². The smallest absolute Gasteiger partial charge is 0.238 e. The number of hydrogen-bond donors (Lipinski definition) is 1. The number of Topliss-reactive ketones (excluding diaryl/α,β-unsaturated/α-hetero) is 1. The molecule has 0 spiro atoms. The maximum Gasteiger partial charge on any atom is 0.238 e. The molecule has 1 aromatic heterocycles. The van der Waals surface area contributed by atoms with Crippen LogP contribution >= 0.6 is 0 Å². The fourth-order valence-corrected chi connectivity index (χ4v) is 3.89. The van der Waals surface area contributed by atoms with E-state index in [1.54, 1.807) is 26.2 Å². The van der Waals surface area contributed by atoms with Crippen LogP contribution in [-0.4, -0.2) is 68.2 Å². The van der Waals surface area contributed by atoms with Crippen LogP contribution in [0.15, 0.2) is 35.2 Å². The minimum atomic E-state index is -3.77. The molecule has 0 aliphatic rings. The molecule has 9 heteroatoms. The lowest BCUT2D eigenvalue weighted by atomic mass is 10.1. The highest BCUT2D eigenvalue weighted by Gasteiger charge is 2.21. The Kier molecular flexibility index (Phi) is 7.57. The molecule has 164 valence electrons. The Morgan fingerprint density at radius 2 is 1.67 bits per heavy atom. The second kappa shape index (κ2) is 9.55. The van der Waals surface area contributed by atoms with Crippen molar-refractivity contribution in [2.24, 2.45) is 5.14 Å². The number of aryl methyl sites for hydroxylation is 1. The lowest BCUT2D eigenvalue weighted by Crippen LogP contribution is -2.39. The van der Waals surface area contributed by atoms with Crippen LogP contribution in [0.3, 0.4) is 0 Å². The number of likely N-dealkylation sites (N-methyl/N-ethyl adjacent to an activating group) is 1. The summed E-state index contributed by atoms with van der Waals surface area (Å²) in [4.78, 5) is 28.5. The number of primary sulfonamides is 1. The van der Waals surface area contributed by atoms with Crippen LogP contribution in [0.1, 0.15) is 35.1 Å². The number of nitrogens with two attached hydrogens (primary N) is 1. The van der Waals surface area contributed by atoms with Crippen molar-refractivity contribution in [2.45, 2.75) is 32.1 Å². The molecule has 0 atom stereocenters. The molecule has 0 radical (unpaired) electrons. The fraction of sp³-hybridized carbons (Fsp3) is 0.429. The van der Waals surface area contributed by atoms with Gasteiger partial charge in [0, 0.05) is 36.7 Å². The number of nitrogens with zero attached hydrogens (tertiary/aromatic N) is 3. The maximum atomic E-state index is 13.0. The van der Waals surface area contributed by atoms with E-state index in [4.69, 9.17) is 5.14 Å². The molecule has 8 nitrogen and oxygen atoms in total. The van der Waals surface area contributed by atoms with E-state index in [1.165, 1.54) is 17.0 Å². The molecular weight excluding hydrogens is 404 g/mol. The van der Waals surface area contributed by atoms with E-state index in [-0.39, 0.29) is 29.7 Å². The van der Waals surface area contributed by atoms with Gasteiger partial charge in [0.15, 0.2) is 5.78 Å². The second-order valence-electron chi connectivity index (χ2n) is 7.58. The van der Waals surface area contributed by atoms with Gasteiger partial charge in [0.2, 0.25) is 15.9 Å². The molecule has 1 amide bonds. The number of sulfonamides is 1. The van der Waals surface area contributed by atoms with E-state index < -0.39 is 10.0 Å². The Morgan fingerprint density at radius 3 is 2.17 bits per heavy atom. The van der Waals surface area contributed by atoms with Crippen LogP contribution in [-0.2, 0) is 14.8 Å². The molecule has 0 saturated carbocycles. The first-order valence-electron chi connectivity index (χ1n) is 9.73. The van der Waals surface area contributed by atoms with E-state index in [0.717, 1.165) is 23.5 Å². The highest BCUT2D eigenvalue weighted by molar-refractivity contribution is 7.89.